The fourth-order valence-corrected chi connectivity index (χ4v) is 4.48. The number of nitrogens with zero attached hydrogens (tertiary/aromatic N) is 2. The van der Waals surface area contributed by atoms with Crippen molar-refractivity contribution >= 4 is 11.0 Å². The molecule has 0 radical (unpaired) electrons. The Bertz CT molecular complexity index is 884. The summed E-state index contributed by atoms with van der Waals surface area (Å²) in [4.78, 5) is 17.6. The summed E-state index contributed by atoms with van der Waals surface area (Å²) in [5.74, 6) is 1.24. The Hall–Kier alpha value is -2.05. The maximum Gasteiger partial charge on any atom is 0.341 e. The first-order chi connectivity index (χ1) is 13.7. The lowest BCUT2D eigenvalue weighted by atomic mass is 9.97. The normalized spacial score (nSPS) is 18.6. The molecule has 28 heavy (non-hydrogen) atoms. The van der Waals surface area contributed by atoms with Gasteiger partial charge in [0.25, 0.3) is 0 Å². The number of hydrogen-bond acceptors (Lipinski definition) is 6. The lowest BCUT2D eigenvalue weighted by molar-refractivity contribution is 0.194. The second-order valence-electron chi connectivity index (χ2n) is 7.83. The van der Waals surface area contributed by atoms with Gasteiger partial charge in [-0.2, -0.15) is 0 Å². The molecule has 0 unspecified atom stereocenters. The van der Waals surface area contributed by atoms with E-state index in [9.17, 15) is 4.79 Å². The molecule has 1 aromatic heterocycles. The molecular weight excluding hydrogens is 356 g/mol. The van der Waals surface area contributed by atoms with Crippen LogP contribution in [0.2, 0.25) is 0 Å². The zero-order valence-corrected chi connectivity index (χ0v) is 17.0. The maximum absolute atomic E-state index is 12.7. The van der Waals surface area contributed by atoms with Crippen LogP contribution in [0, 0.1) is 0 Å². The van der Waals surface area contributed by atoms with Gasteiger partial charge in [-0.25, -0.2) is 4.79 Å². The minimum atomic E-state index is -0.228. The van der Waals surface area contributed by atoms with Crippen LogP contribution in [0.5, 0.6) is 11.5 Å². The van der Waals surface area contributed by atoms with E-state index >= 15 is 0 Å². The van der Waals surface area contributed by atoms with Gasteiger partial charge < -0.3 is 18.8 Å². The highest BCUT2D eigenvalue weighted by Crippen LogP contribution is 2.35. The molecule has 1 fully saturated rings. The molecule has 2 aliphatic heterocycles. The lowest BCUT2D eigenvalue weighted by Gasteiger charge is -2.30. The third-order valence-corrected chi connectivity index (χ3v) is 6.12. The summed E-state index contributed by atoms with van der Waals surface area (Å²) < 4.78 is 16.4. The number of fused-ring (bicyclic) bond motifs is 3. The second-order valence-corrected chi connectivity index (χ2v) is 7.83. The van der Waals surface area contributed by atoms with Crippen molar-refractivity contribution < 1.29 is 13.9 Å². The van der Waals surface area contributed by atoms with E-state index in [2.05, 4.69) is 9.80 Å². The van der Waals surface area contributed by atoms with Crippen molar-refractivity contribution in [3.8, 4) is 11.5 Å². The third-order valence-electron chi connectivity index (χ3n) is 6.12. The third kappa shape index (κ3) is 3.89. The van der Waals surface area contributed by atoms with Crippen molar-refractivity contribution in [1.82, 2.24) is 9.80 Å². The van der Waals surface area contributed by atoms with Crippen LogP contribution >= 0.6 is 0 Å². The molecule has 1 aromatic carbocycles. The lowest BCUT2D eigenvalue weighted by Crippen LogP contribution is -2.40. The Morgan fingerprint density at radius 3 is 2.29 bits per heavy atom. The van der Waals surface area contributed by atoms with Crippen molar-refractivity contribution in [3.63, 3.8) is 0 Å². The summed E-state index contributed by atoms with van der Waals surface area (Å²) in [6, 6.07) is 3.68. The van der Waals surface area contributed by atoms with Gasteiger partial charge >= 0.3 is 5.63 Å². The van der Waals surface area contributed by atoms with Crippen LogP contribution in [-0.2, 0) is 13.0 Å². The van der Waals surface area contributed by atoms with Crippen LogP contribution in [0.3, 0.4) is 0 Å². The van der Waals surface area contributed by atoms with Gasteiger partial charge in [0.2, 0.25) is 0 Å². The highest BCUT2D eigenvalue weighted by molar-refractivity contribution is 5.85. The molecule has 6 heteroatoms. The summed E-state index contributed by atoms with van der Waals surface area (Å²) in [5, 5.41) is 0.958. The van der Waals surface area contributed by atoms with Crippen LogP contribution in [0.25, 0.3) is 11.0 Å². The first-order valence-corrected chi connectivity index (χ1v) is 10.3. The summed E-state index contributed by atoms with van der Waals surface area (Å²) in [7, 11) is 3.21. The van der Waals surface area contributed by atoms with Gasteiger partial charge in [0.15, 0.2) is 11.5 Å². The van der Waals surface area contributed by atoms with E-state index in [4.69, 9.17) is 13.9 Å². The van der Waals surface area contributed by atoms with E-state index in [1.807, 2.05) is 6.07 Å². The van der Waals surface area contributed by atoms with E-state index in [1.54, 1.807) is 20.3 Å². The molecule has 3 heterocycles. The number of benzene rings is 1. The summed E-state index contributed by atoms with van der Waals surface area (Å²) >= 11 is 0. The van der Waals surface area contributed by atoms with Gasteiger partial charge in [0.1, 0.15) is 5.58 Å². The van der Waals surface area contributed by atoms with Crippen molar-refractivity contribution in [2.24, 2.45) is 0 Å². The first-order valence-electron chi connectivity index (χ1n) is 10.3. The molecule has 0 bridgehead atoms. The van der Waals surface area contributed by atoms with Crippen molar-refractivity contribution in [1.29, 1.82) is 0 Å². The molecule has 0 N–H and O–H groups in total. The molecule has 0 aliphatic carbocycles. The Morgan fingerprint density at radius 2 is 1.57 bits per heavy atom. The number of likely N-dealkylation sites (tertiary alicyclic amines) is 1. The average molecular weight is 386 g/mol. The summed E-state index contributed by atoms with van der Waals surface area (Å²) in [6.07, 6.45) is 6.19. The highest BCUT2D eigenvalue weighted by atomic mass is 16.5. The molecule has 6 nitrogen and oxygen atoms in total. The van der Waals surface area contributed by atoms with Gasteiger partial charge in [-0.15, -0.1) is 0 Å². The van der Waals surface area contributed by atoms with Crippen LogP contribution < -0.4 is 15.1 Å². The summed E-state index contributed by atoms with van der Waals surface area (Å²) in [6.45, 7) is 6.13. The van der Waals surface area contributed by atoms with Crippen LogP contribution in [0.1, 0.15) is 36.8 Å². The van der Waals surface area contributed by atoms with E-state index in [-0.39, 0.29) is 5.63 Å². The molecule has 0 amide bonds. The van der Waals surface area contributed by atoms with Crippen molar-refractivity contribution in [2.45, 2.75) is 38.6 Å². The fourth-order valence-electron chi connectivity index (χ4n) is 4.48. The van der Waals surface area contributed by atoms with E-state index < -0.39 is 0 Å². The Labute approximate surface area is 166 Å². The molecule has 2 aliphatic rings. The number of rotatable bonds is 5. The van der Waals surface area contributed by atoms with Crippen molar-refractivity contribution in [3.05, 3.63) is 33.7 Å². The van der Waals surface area contributed by atoms with E-state index in [0.717, 1.165) is 42.6 Å². The van der Waals surface area contributed by atoms with Crippen LogP contribution in [-0.4, -0.2) is 56.7 Å². The van der Waals surface area contributed by atoms with Crippen LogP contribution in [0.15, 0.2) is 21.3 Å². The van der Waals surface area contributed by atoms with Gasteiger partial charge in [-0.05, 0) is 44.0 Å². The highest BCUT2D eigenvalue weighted by Gasteiger charge is 2.24. The fraction of sp³-hybridized carbons (Fsp3) is 0.591. The zero-order valence-electron chi connectivity index (χ0n) is 17.0. The van der Waals surface area contributed by atoms with Gasteiger partial charge in [0, 0.05) is 37.6 Å². The largest absolute Gasteiger partial charge is 0.493 e. The Kier molecular flexibility index (Phi) is 5.87. The SMILES string of the molecule is COc1cc2oc(=O)c3c(c2cc1OC)CCN(CCN1CCCCCC1)C3. The number of hydrogen-bond donors (Lipinski definition) is 0. The number of methoxy groups -OCH3 is 2. The topological polar surface area (TPSA) is 55.2 Å². The second kappa shape index (κ2) is 8.53. The molecule has 0 atom stereocenters. The molecule has 0 saturated carbocycles. The minimum absolute atomic E-state index is 0.228. The van der Waals surface area contributed by atoms with Gasteiger partial charge in [-0.1, -0.05) is 12.8 Å². The molecular formula is C22H30N2O4. The molecule has 4 rings (SSSR count). The number of ether oxygens (including phenoxy) is 2. The molecule has 1 saturated heterocycles. The molecule has 0 spiro atoms. The van der Waals surface area contributed by atoms with Gasteiger partial charge in [0.05, 0.1) is 19.8 Å². The molecule has 152 valence electrons. The monoisotopic (exact) mass is 386 g/mol. The Balaban J connectivity index is 1.54. The van der Waals surface area contributed by atoms with E-state index in [0.29, 0.717) is 23.6 Å². The van der Waals surface area contributed by atoms with Crippen LogP contribution in [0.4, 0.5) is 0 Å². The summed E-state index contributed by atoms with van der Waals surface area (Å²) in [5.41, 5.74) is 2.23. The quantitative estimate of drug-likeness (QED) is 0.737. The van der Waals surface area contributed by atoms with Crippen molar-refractivity contribution in [2.75, 3.05) is 46.9 Å². The van der Waals surface area contributed by atoms with Gasteiger partial charge in [-0.3, -0.25) is 4.90 Å². The standard InChI is InChI=1S/C22H30N2O4/c1-26-20-13-17-16-7-10-24(12-11-23-8-5-3-4-6-9-23)15-18(16)22(25)28-19(17)14-21(20)27-2/h13-14H,3-12,15H2,1-2H3. The minimum Gasteiger partial charge on any atom is -0.493 e. The maximum atomic E-state index is 12.7. The zero-order chi connectivity index (χ0) is 19.5. The predicted octanol–water partition coefficient (Wildman–Crippen LogP) is 3.04. The first kappa shape index (κ1) is 19.3. The van der Waals surface area contributed by atoms with E-state index in [1.165, 1.54) is 38.8 Å². The smallest absolute Gasteiger partial charge is 0.341 e. The average Bonchev–Trinajstić information content (AvgIpc) is 3.00. The Morgan fingerprint density at radius 1 is 0.893 bits per heavy atom. The molecule has 2 aromatic rings. The predicted molar refractivity (Wildman–Crippen MR) is 109 cm³/mol.